The predicted molar refractivity (Wildman–Crippen MR) is 61.1 cm³/mol. The Morgan fingerprint density at radius 2 is 1.75 bits per heavy atom. The Labute approximate surface area is 96.9 Å². The largest absolute Gasteiger partial charge is 0.366 e. The molecule has 1 aromatic heterocycles. The number of hydrogen-bond acceptors (Lipinski definition) is 4. The van der Waals surface area contributed by atoms with Crippen molar-refractivity contribution in [1.29, 1.82) is 0 Å². The van der Waals surface area contributed by atoms with E-state index in [2.05, 4.69) is 9.97 Å². The summed E-state index contributed by atoms with van der Waals surface area (Å²) < 4.78 is 0. The summed E-state index contributed by atoms with van der Waals surface area (Å²) in [6.07, 6.45) is 2.86. The van der Waals surface area contributed by atoms with Crippen LogP contribution in [0.5, 0.6) is 0 Å². The molecule has 0 spiro atoms. The average molecular weight is 231 g/mol. The monoisotopic (exact) mass is 231 g/mol. The molecule has 0 saturated carbocycles. The first kappa shape index (κ1) is 10.6. The van der Waals surface area contributed by atoms with E-state index in [-0.39, 0.29) is 0 Å². The Balaban J connectivity index is 2.14. The van der Waals surface area contributed by atoms with Crippen molar-refractivity contribution in [3.63, 3.8) is 0 Å². The molecule has 2 N–H and O–H groups in total. The van der Waals surface area contributed by atoms with E-state index in [9.17, 15) is 4.79 Å². The molecule has 0 radical (unpaired) electrons. The highest BCUT2D eigenvalue weighted by molar-refractivity contribution is 7.99. The summed E-state index contributed by atoms with van der Waals surface area (Å²) in [5.74, 6) is -0.517. The first-order chi connectivity index (χ1) is 7.75. The van der Waals surface area contributed by atoms with Gasteiger partial charge in [0.05, 0.1) is 5.56 Å². The number of nitrogens with zero attached hydrogens (tertiary/aromatic N) is 2. The van der Waals surface area contributed by atoms with Crippen LogP contribution in [0.1, 0.15) is 10.4 Å². The minimum absolute atomic E-state index is 0.317. The second kappa shape index (κ2) is 4.76. The maximum atomic E-state index is 10.8. The van der Waals surface area contributed by atoms with Crippen molar-refractivity contribution in [2.75, 3.05) is 0 Å². The van der Waals surface area contributed by atoms with Crippen LogP contribution in [0, 0.1) is 0 Å². The number of hydrogen-bond donors (Lipinski definition) is 1. The van der Waals surface area contributed by atoms with Crippen LogP contribution in [0.15, 0.2) is 52.8 Å². The zero-order valence-corrected chi connectivity index (χ0v) is 9.15. The smallest absolute Gasteiger partial charge is 0.251 e. The van der Waals surface area contributed by atoms with Crippen LogP contribution in [0.2, 0.25) is 0 Å². The second-order valence-electron chi connectivity index (χ2n) is 3.03. The number of primary amides is 1. The molecule has 80 valence electrons. The van der Waals surface area contributed by atoms with E-state index in [0.29, 0.717) is 10.7 Å². The fraction of sp³-hybridized carbons (Fsp3) is 0. The molecule has 0 aliphatic rings. The molecule has 0 saturated heterocycles. The molecule has 0 aliphatic heterocycles. The lowest BCUT2D eigenvalue weighted by molar-refractivity contribution is 0.0999. The van der Waals surface area contributed by atoms with Crippen molar-refractivity contribution in [3.8, 4) is 0 Å². The molecular formula is C11H9N3OS. The van der Waals surface area contributed by atoms with E-state index in [4.69, 9.17) is 5.73 Å². The summed E-state index contributed by atoms with van der Waals surface area (Å²) in [6.45, 7) is 0. The Bertz CT molecular complexity index is 484. The molecule has 0 unspecified atom stereocenters. The van der Waals surface area contributed by atoms with Crippen molar-refractivity contribution in [3.05, 3.63) is 48.3 Å². The van der Waals surface area contributed by atoms with Gasteiger partial charge in [0.2, 0.25) is 0 Å². The average Bonchev–Trinajstić information content (AvgIpc) is 2.31. The number of benzene rings is 1. The molecule has 2 aromatic rings. The first-order valence-corrected chi connectivity index (χ1v) is 5.42. The molecule has 2 rings (SSSR count). The number of carbonyl (C=O) groups excluding carboxylic acids is 1. The summed E-state index contributed by atoms with van der Waals surface area (Å²) in [7, 11) is 0. The summed E-state index contributed by atoms with van der Waals surface area (Å²) in [5.41, 5.74) is 5.41. The lowest BCUT2D eigenvalue weighted by atomic mass is 10.3. The Morgan fingerprint density at radius 1 is 1.12 bits per heavy atom. The highest BCUT2D eigenvalue weighted by Gasteiger charge is 2.03. The SMILES string of the molecule is NC(=O)c1cnc(Sc2ccccc2)nc1. The summed E-state index contributed by atoms with van der Waals surface area (Å²) in [6, 6.07) is 9.77. The molecule has 1 amide bonds. The van der Waals surface area contributed by atoms with Crippen molar-refractivity contribution >= 4 is 17.7 Å². The van der Waals surface area contributed by atoms with Crippen molar-refractivity contribution in [2.45, 2.75) is 10.1 Å². The van der Waals surface area contributed by atoms with Gasteiger partial charge in [0, 0.05) is 17.3 Å². The van der Waals surface area contributed by atoms with Crippen LogP contribution in [0.4, 0.5) is 0 Å². The zero-order chi connectivity index (χ0) is 11.4. The summed E-state index contributed by atoms with van der Waals surface area (Å²) >= 11 is 1.43. The van der Waals surface area contributed by atoms with Gasteiger partial charge in [0.1, 0.15) is 0 Å². The first-order valence-electron chi connectivity index (χ1n) is 4.60. The van der Waals surface area contributed by atoms with E-state index < -0.39 is 5.91 Å². The number of amides is 1. The van der Waals surface area contributed by atoms with Crippen LogP contribution >= 0.6 is 11.8 Å². The Morgan fingerprint density at radius 3 is 2.31 bits per heavy atom. The van der Waals surface area contributed by atoms with Gasteiger partial charge in [-0.1, -0.05) is 18.2 Å². The van der Waals surface area contributed by atoms with Gasteiger partial charge in [0.15, 0.2) is 5.16 Å². The van der Waals surface area contributed by atoms with Gasteiger partial charge in [0.25, 0.3) is 5.91 Å². The van der Waals surface area contributed by atoms with Crippen LogP contribution < -0.4 is 5.73 Å². The molecule has 0 aliphatic carbocycles. The van der Waals surface area contributed by atoms with Gasteiger partial charge in [-0.15, -0.1) is 0 Å². The van der Waals surface area contributed by atoms with Gasteiger partial charge < -0.3 is 5.73 Å². The van der Waals surface area contributed by atoms with Gasteiger partial charge in [-0.2, -0.15) is 0 Å². The highest BCUT2D eigenvalue weighted by atomic mass is 32.2. The van der Waals surface area contributed by atoms with Crippen molar-refractivity contribution < 1.29 is 4.79 Å². The molecule has 0 atom stereocenters. The Kier molecular flexibility index (Phi) is 3.16. The minimum Gasteiger partial charge on any atom is -0.366 e. The summed E-state index contributed by atoms with van der Waals surface area (Å²) in [5, 5.41) is 0.594. The third-order valence-corrected chi connectivity index (χ3v) is 2.77. The maximum absolute atomic E-state index is 10.8. The van der Waals surface area contributed by atoms with E-state index in [1.54, 1.807) is 0 Å². The molecular weight excluding hydrogens is 222 g/mol. The van der Waals surface area contributed by atoms with E-state index in [0.717, 1.165) is 4.90 Å². The van der Waals surface area contributed by atoms with Crippen molar-refractivity contribution in [1.82, 2.24) is 9.97 Å². The molecule has 0 bridgehead atoms. The number of nitrogens with two attached hydrogens (primary N) is 1. The maximum Gasteiger partial charge on any atom is 0.251 e. The molecule has 1 heterocycles. The topological polar surface area (TPSA) is 68.9 Å². The lowest BCUT2D eigenvalue weighted by Gasteiger charge is -1.99. The second-order valence-corrected chi connectivity index (χ2v) is 4.07. The van der Waals surface area contributed by atoms with E-state index >= 15 is 0 Å². The quantitative estimate of drug-likeness (QED) is 0.817. The van der Waals surface area contributed by atoms with Gasteiger partial charge in [-0.3, -0.25) is 4.79 Å². The zero-order valence-electron chi connectivity index (χ0n) is 8.33. The van der Waals surface area contributed by atoms with Gasteiger partial charge >= 0.3 is 0 Å². The lowest BCUT2D eigenvalue weighted by Crippen LogP contribution is -2.11. The van der Waals surface area contributed by atoms with Crippen LogP contribution in [0.25, 0.3) is 0 Å². The van der Waals surface area contributed by atoms with E-state index in [1.807, 2.05) is 30.3 Å². The molecule has 4 nitrogen and oxygen atoms in total. The third-order valence-electron chi connectivity index (χ3n) is 1.87. The van der Waals surface area contributed by atoms with Crippen LogP contribution in [-0.2, 0) is 0 Å². The number of aromatic nitrogens is 2. The molecule has 0 fully saturated rings. The minimum atomic E-state index is -0.517. The fourth-order valence-electron chi connectivity index (χ4n) is 1.09. The van der Waals surface area contributed by atoms with Crippen molar-refractivity contribution in [2.24, 2.45) is 5.73 Å². The molecule has 1 aromatic carbocycles. The highest BCUT2D eigenvalue weighted by Crippen LogP contribution is 2.23. The molecule has 16 heavy (non-hydrogen) atoms. The summed E-state index contributed by atoms with van der Waals surface area (Å²) in [4.78, 5) is 19.9. The van der Waals surface area contributed by atoms with Crippen LogP contribution in [-0.4, -0.2) is 15.9 Å². The number of rotatable bonds is 3. The predicted octanol–water partition coefficient (Wildman–Crippen LogP) is 1.73. The normalized spacial score (nSPS) is 10.0. The van der Waals surface area contributed by atoms with E-state index in [1.165, 1.54) is 24.2 Å². The third kappa shape index (κ3) is 2.58. The van der Waals surface area contributed by atoms with Gasteiger partial charge in [-0.25, -0.2) is 9.97 Å². The number of carbonyl (C=O) groups is 1. The Hall–Kier alpha value is -1.88. The standard InChI is InChI=1S/C11H9N3OS/c12-10(15)8-6-13-11(14-7-8)16-9-4-2-1-3-5-9/h1-7H,(H2,12,15). The molecule has 5 heteroatoms. The van der Waals surface area contributed by atoms with Gasteiger partial charge in [-0.05, 0) is 23.9 Å². The fourth-order valence-corrected chi connectivity index (χ4v) is 1.80. The van der Waals surface area contributed by atoms with Crippen LogP contribution in [0.3, 0.4) is 0 Å².